The van der Waals surface area contributed by atoms with Crippen LogP contribution in [-0.4, -0.2) is 28.5 Å². The minimum Gasteiger partial charge on any atom is -0.473 e. The fraction of sp³-hybridized carbons (Fsp3) is 0.250. The maximum absolute atomic E-state index is 12.2. The van der Waals surface area contributed by atoms with E-state index >= 15 is 0 Å². The lowest BCUT2D eigenvalue weighted by molar-refractivity contribution is 0.102. The summed E-state index contributed by atoms with van der Waals surface area (Å²) in [6.45, 7) is 0. The van der Waals surface area contributed by atoms with Crippen LogP contribution in [0, 0.1) is 0 Å². The number of benzene rings is 1. The Hall–Kier alpha value is -1.43. The minimum absolute atomic E-state index is 0.211. The average Bonchev–Trinajstić information content (AvgIpc) is 3.04. The fourth-order valence-electron chi connectivity index (χ4n) is 2.14. The SMILES string of the molecule is O=C(Nc1ccc(Cl)c(Cl)c1)c1ccc(OC2CCSC2)nc1. The van der Waals surface area contributed by atoms with Crippen molar-refractivity contribution in [1.82, 2.24) is 4.98 Å². The summed E-state index contributed by atoms with van der Waals surface area (Å²) in [6, 6.07) is 8.33. The fourth-order valence-corrected chi connectivity index (χ4v) is 3.53. The van der Waals surface area contributed by atoms with Crippen LogP contribution in [0.5, 0.6) is 5.88 Å². The van der Waals surface area contributed by atoms with Crippen molar-refractivity contribution in [3.8, 4) is 5.88 Å². The van der Waals surface area contributed by atoms with E-state index in [9.17, 15) is 4.79 Å². The molecule has 120 valence electrons. The molecule has 4 nitrogen and oxygen atoms in total. The van der Waals surface area contributed by atoms with Crippen LogP contribution in [-0.2, 0) is 0 Å². The Morgan fingerprint density at radius 2 is 2.13 bits per heavy atom. The van der Waals surface area contributed by atoms with Crippen molar-refractivity contribution in [2.45, 2.75) is 12.5 Å². The van der Waals surface area contributed by atoms with Crippen molar-refractivity contribution >= 4 is 46.6 Å². The lowest BCUT2D eigenvalue weighted by Gasteiger charge is -2.11. The number of nitrogens with zero attached hydrogens (tertiary/aromatic N) is 1. The largest absolute Gasteiger partial charge is 0.473 e. The van der Waals surface area contributed by atoms with Crippen LogP contribution < -0.4 is 10.1 Å². The van der Waals surface area contributed by atoms with Crippen LogP contribution in [0.3, 0.4) is 0 Å². The number of rotatable bonds is 4. The first-order valence-corrected chi connectivity index (χ1v) is 9.00. The van der Waals surface area contributed by atoms with Gasteiger partial charge < -0.3 is 10.1 Å². The van der Waals surface area contributed by atoms with E-state index < -0.39 is 0 Å². The van der Waals surface area contributed by atoms with Crippen molar-refractivity contribution in [3.05, 3.63) is 52.1 Å². The molecule has 1 N–H and O–H groups in total. The van der Waals surface area contributed by atoms with Crippen molar-refractivity contribution in [2.24, 2.45) is 0 Å². The van der Waals surface area contributed by atoms with Crippen LogP contribution in [0.15, 0.2) is 36.5 Å². The first-order chi connectivity index (χ1) is 11.1. The predicted octanol–water partition coefficient (Wildman–Crippen LogP) is 4.53. The quantitative estimate of drug-likeness (QED) is 0.861. The average molecular weight is 369 g/mol. The molecule has 0 spiro atoms. The van der Waals surface area contributed by atoms with Crippen molar-refractivity contribution < 1.29 is 9.53 Å². The molecule has 1 aromatic carbocycles. The highest BCUT2D eigenvalue weighted by molar-refractivity contribution is 7.99. The zero-order valence-electron chi connectivity index (χ0n) is 12.1. The van der Waals surface area contributed by atoms with Gasteiger partial charge in [0.05, 0.1) is 15.6 Å². The molecule has 0 bridgehead atoms. The zero-order chi connectivity index (χ0) is 16.2. The molecule has 2 heterocycles. The predicted molar refractivity (Wildman–Crippen MR) is 95.0 cm³/mol. The molecule has 1 aliphatic rings. The van der Waals surface area contributed by atoms with Crippen LogP contribution in [0.2, 0.25) is 10.0 Å². The van der Waals surface area contributed by atoms with Gasteiger partial charge in [0.15, 0.2) is 0 Å². The molecule has 1 atom stereocenters. The van der Waals surface area contributed by atoms with Gasteiger partial charge in [-0.1, -0.05) is 23.2 Å². The van der Waals surface area contributed by atoms with Gasteiger partial charge in [0.1, 0.15) is 6.10 Å². The van der Waals surface area contributed by atoms with Crippen molar-refractivity contribution in [1.29, 1.82) is 0 Å². The molecular weight excluding hydrogens is 355 g/mol. The number of amides is 1. The van der Waals surface area contributed by atoms with E-state index in [1.165, 1.54) is 6.20 Å². The summed E-state index contributed by atoms with van der Waals surface area (Å²) in [6.07, 6.45) is 2.75. The van der Waals surface area contributed by atoms with Gasteiger partial charge >= 0.3 is 0 Å². The van der Waals surface area contributed by atoms with Crippen LogP contribution in [0.1, 0.15) is 16.8 Å². The van der Waals surface area contributed by atoms with E-state index in [0.717, 1.165) is 17.9 Å². The molecule has 0 aliphatic carbocycles. The molecule has 1 amide bonds. The smallest absolute Gasteiger partial charge is 0.257 e. The van der Waals surface area contributed by atoms with Gasteiger partial charge in [0.2, 0.25) is 5.88 Å². The molecule has 1 saturated heterocycles. The summed E-state index contributed by atoms with van der Waals surface area (Å²) in [5, 5.41) is 3.58. The topological polar surface area (TPSA) is 51.2 Å². The Morgan fingerprint density at radius 1 is 1.26 bits per heavy atom. The standard InChI is InChI=1S/C16H14Cl2N2O2S/c17-13-3-2-11(7-14(13)18)20-16(21)10-1-4-15(19-8-10)22-12-5-6-23-9-12/h1-4,7-8,12H,5-6,9H2,(H,20,21). The lowest BCUT2D eigenvalue weighted by atomic mass is 10.2. The Kier molecular flexibility index (Phi) is 5.30. The third kappa shape index (κ3) is 4.31. The summed E-state index contributed by atoms with van der Waals surface area (Å²) >= 11 is 13.7. The molecule has 1 fully saturated rings. The van der Waals surface area contributed by atoms with Gasteiger partial charge in [-0.3, -0.25) is 4.79 Å². The normalized spacial score (nSPS) is 17.0. The number of carbonyl (C=O) groups excluding carboxylic acids is 1. The molecule has 3 rings (SSSR count). The maximum Gasteiger partial charge on any atom is 0.257 e. The summed E-state index contributed by atoms with van der Waals surface area (Å²) in [4.78, 5) is 16.4. The maximum atomic E-state index is 12.2. The third-order valence-electron chi connectivity index (χ3n) is 3.35. The van der Waals surface area contributed by atoms with Gasteiger partial charge in [-0.05, 0) is 36.4 Å². The number of thioether (sulfide) groups is 1. The second-order valence-corrected chi connectivity index (χ2v) is 7.04. The first-order valence-electron chi connectivity index (χ1n) is 7.08. The number of carbonyl (C=O) groups is 1. The van der Waals surface area contributed by atoms with Gasteiger partial charge in [-0.15, -0.1) is 0 Å². The number of hydrogen-bond donors (Lipinski definition) is 1. The number of nitrogens with one attached hydrogen (secondary N) is 1. The number of halogens is 2. The van der Waals surface area contributed by atoms with Gasteiger partial charge in [-0.25, -0.2) is 4.98 Å². The summed E-state index contributed by atoms with van der Waals surface area (Å²) in [5.74, 6) is 2.39. The molecule has 1 aromatic heterocycles. The number of aromatic nitrogens is 1. The molecule has 0 saturated carbocycles. The number of ether oxygens (including phenoxy) is 1. The second-order valence-electron chi connectivity index (χ2n) is 5.07. The summed E-state index contributed by atoms with van der Waals surface area (Å²) < 4.78 is 5.76. The Balaban J connectivity index is 1.63. The Morgan fingerprint density at radius 3 is 2.78 bits per heavy atom. The first kappa shape index (κ1) is 16.4. The number of anilines is 1. The van der Waals surface area contributed by atoms with E-state index in [1.807, 2.05) is 11.8 Å². The molecule has 0 radical (unpaired) electrons. The number of pyridine rings is 1. The summed E-state index contributed by atoms with van der Waals surface area (Å²) in [7, 11) is 0. The Labute approximate surface area is 148 Å². The highest BCUT2D eigenvalue weighted by atomic mass is 35.5. The van der Waals surface area contributed by atoms with Gasteiger partial charge in [0.25, 0.3) is 5.91 Å². The molecular formula is C16H14Cl2N2O2S. The van der Waals surface area contributed by atoms with E-state index in [-0.39, 0.29) is 12.0 Å². The van der Waals surface area contributed by atoms with Gasteiger partial charge in [0, 0.05) is 23.7 Å². The monoisotopic (exact) mass is 368 g/mol. The zero-order valence-corrected chi connectivity index (χ0v) is 14.4. The number of hydrogen-bond acceptors (Lipinski definition) is 4. The highest BCUT2D eigenvalue weighted by Gasteiger charge is 2.17. The van der Waals surface area contributed by atoms with Crippen molar-refractivity contribution in [3.63, 3.8) is 0 Å². The molecule has 23 heavy (non-hydrogen) atoms. The molecule has 7 heteroatoms. The van der Waals surface area contributed by atoms with Gasteiger partial charge in [-0.2, -0.15) is 11.8 Å². The van der Waals surface area contributed by atoms with E-state index in [4.69, 9.17) is 27.9 Å². The van der Waals surface area contributed by atoms with E-state index in [1.54, 1.807) is 30.3 Å². The van der Waals surface area contributed by atoms with E-state index in [0.29, 0.717) is 27.2 Å². The highest BCUT2D eigenvalue weighted by Crippen LogP contribution is 2.25. The Bertz CT molecular complexity index is 704. The lowest BCUT2D eigenvalue weighted by Crippen LogP contribution is -2.16. The summed E-state index contributed by atoms with van der Waals surface area (Å²) in [5.41, 5.74) is 1.02. The van der Waals surface area contributed by atoms with Crippen LogP contribution >= 0.6 is 35.0 Å². The molecule has 1 unspecified atom stereocenters. The minimum atomic E-state index is -0.265. The molecule has 1 aliphatic heterocycles. The molecule has 2 aromatic rings. The van der Waals surface area contributed by atoms with Crippen LogP contribution in [0.4, 0.5) is 5.69 Å². The van der Waals surface area contributed by atoms with E-state index in [2.05, 4.69) is 10.3 Å². The second kappa shape index (κ2) is 7.43. The third-order valence-corrected chi connectivity index (χ3v) is 5.22. The van der Waals surface area contributed by atoms with Crippen LogP contribution in [0.25, 0.3) is 0 Å². The van der Waals surface area contributed by atoms with Crippen molar-refractivity contribution in [2.75, 3.05) is 16.8 Å².